The van der Waals surface area contributed by atoms with E-state index in [9.17, 15) is 14.4 Å². The molecule has 44 heavy (non-hydrogen) atoms. The van der Waals surface area contributed by atoms with Gasteiger partial charge in [-0.1, -0.05) is 83.6 Å². The van der Waals surface area contributed by atoms with Crippen molar-refractivity contribution in [3.8, 4) is 11.3 Å². The van der Waals surface area contributed by atoms with Gasteiger partial charge in [0.15, 0.2) is 4.80 Å². The number of nitrogens with zero attached hydrogens (tertiary/aromatic N) is 2. The van der Waals surface area contributed by atoms with Crippen molar-refractivity contribution in [2.75, 3.05) is 13.7 Å². The van der Waals surface area contributed by atoms with Crippen LogP contribution in [0, 0.1) is 0 Å². The van der Waals surface area contributed by atoms with Crippen molar-refractivity contribution in [1.82, 2.24) is 4.57 Å². The van der Waals surface area contributed by atoms with E-state index >= 15 is 0 Å². The maximum absolute atomic E-state index is 14.0. The van der Waals surface area contributed by atoms with E-state index < -0.39 is 18.0 Å². The van der Waals surface area contributed by atoms with Gasteiger partial charge in [-0.05, 0) is 42.8 Å². The first-order valence-electron chi connectivity index (χ1n) is 13.7. The molecule has 3 aromatic carbocycles. The van der Waals surface area contributed by atoms with Crippen LogP contribution in [0.3, 0.4) is 0 Å². The van der Waals surface area contributed by atoms with Gasteiger partial charge < -0.3 is 13.9 Å². The van der Waals surface area contributed by atoms with Crippen LogP contribution in [0.15, 0.2) is 111 Å². The fourth-order valence-electron chi connectivity index (χ4n) is 5.05. The van der Waals surface area contributed by atoms with Crippen molar-refractivity contribution < 1.29 is 23.5 Å². The highest BCUT2D eigenvalue weighted by molar-refractivity contribution is 7.07. The number of thiazole rings is 1. The summed E-state index contributed by atoms with van der Waals surface area (Å²) in [5.74, 6) is -0.203. The van der Waals surface area contributed by atoms with E-state index in [2.05, 4.69) is 0 Å². The maximum atomic E-state index is 14.0. The predicted octanol–water partition coefficient (Wildman–Crippen LogP) is 5.64. The van der Waals surface area contributed by atoms with E-state index in [4.69, 9.17) is 30.5 Å². The van der Waals surface area contributed by atoms with E-state index in [0.717, 1.165) is 11.1 Å². The Morgan fingerprint density at radius 3 is 2.41 bits per heavy atom. The van der Waals surface area contributed by atoms with Crippen molar-refractivity contribution in [2.45, 2.75) is 13.0 Å². The molecule has 0 bridgehead atoms. The smallest absolute Gasteiger partial charge is 0.339 e. The summed E-state index contributed by atoms with van der Waals surface area (Å²) in [6, 6.07) is 26.4. The van der Waals surface area contributed by atoms with Gasteiger partial charge in [-0.2, -0.15) is 0 Å². The zero-order chi connectivity index (χ0) is 30.8. The van der Waals surface area contributed by atoms with Gasteiger partial charge in [0, 0.05) is 17.2 Å². The first kappa shape index (κ1) is 29.1. The average Bonchev–Trinajstić information content (AvgIpc) is 3.65. The molecular weight excluding hydrogens is 600 g/mol. The second-order valence-corrected chi connectivity index (χ2v) is 11.1. The molecule has 0 amide bonds. The number of benzene rings is 3. The van der Waals surface area contributed by atoms with Crippen molar-refractivity contribution in [3.05, 3.63) is 144 Å². The third-order valence-corrected chi connectivity index (χ3v) is 8.36. The van der Waals surface area contributed by atoms with Crippen molar-refractivity contribution in [2.24, 2.45) is 4.99 Å². The normalized spacial score (nSPS) is 14.6. The number of fused-ring (bicyclic) bond motifs is 1. The summed E-state index contributed by atoms with van der Waals surface area (Å²) >= 11 is 7.38. The van der Waals surface area contributed by atoms with Crippen LogP contribution in [0.2, 0.25) is 5.02 Å². The second-order valence-electron chi connectivity index (χ2n) is 9.73. The van der Waals surface area contributed by atoms with Crippen LogP contribution in [-0.2, 0) is 14.3 Å². The Morgan fingerprint density at radius 2 is 1.70 bits per heavy atom. The molecular formula is C34H25ClN2O6S. The number of aromatic nitrogens is 1. The van der Waals surface area contributed by atoms with Crippen LogP contribution in [-0.4, -0.2) is 30.2 Å². The molecule has 10 heteroatoms. The van der Waals surface area contributed by atoms with E-state index in [-0.39, 0.29) is 28.3 Å². The van der Waals surface area contributed by atoms with Crippen molar-refractivity contribution >= 4 is 46.6 Å². The van der Waals surface area contributed by atoms with E-state index in [1.807, 2.05) is 60.7 Å². The van der Waals surface area contributed by atoms with Crippen molar-refractivity contribution in [1.29, 1.82) is 0 Å². The lowest BCUT2D eigenvalue weighted by Crippen LogP contribution is -2.39. The minimum Gasteiger partial charge on any atom is -0.465 e. The Hall–Kier alpha value is -4.99. The number of carbonyl (C=O) groups excluding carboxylic acids is 2. The fraction of sp³-hybridized carbons (Fsp3) is 0.118. The quantitative estimate of drug-likeness (QED) is 0.218. The summed E-state index contributed by atoms with van der Waals surface area (Å²) in [5, 5.41) is 0.263. The van der Waals surface area contributed by atoms with E-state index in [1.165, 1.54) is 23.0 Å². The topological polar surface area (TPSA) is 100 Å². The van der Waals surface area contributed by atoms with Crippen LogP contribution in [0.1, 0.15) is 40.2 Å². The number of carbonyl (C=O) groups is 2. The summed E-state index contributed by atoms with van der Waals surface area (Å²) < 4.78 is 18.3. The Bertz CT molecular complexity index is 2090. The van der Waals surface area contributed by atoms with Gasteiger partial charge >= 0.3 is 11.9 Å². The van der Waals surface area contributed by atoms with Gasteiger partial charge in [0.2, 0.25) is 0 Å². The summed E-state index contributed by atoms with van der Waals surface area (Å²) in [6.45, 7) is 1.91. The zero-order valence-electron chi connectivity index (χ0n) is 23.7. The maximum Gasteiger partial charge on any atom is 0.339 e. The molecule has 0 saturated carbocycles. The van der Waals surface area contributed by atoms with E-state index in [0.29, 0.717) is 32.1 Å². The summed E-state index contributed by atoms with van der Waals surface area (Å²) in [4.78, 5) is 45.0. The summed E-state index contributed by atoms with van der Waals surface area (Å²) in [5.41, 5.74) is 2.73. The SMILES string of the molecule is CCOC(=O)C1=C(c2ccccc2)N=c2s/c(=C\c3ccc(-c4ccc(Cl)c(C(=O)OC)c4)o3)c(=O)n2[C@H]1c1ccccc1. The first-order chi connectivity index (χ1) is 21.4. The largest absolute Gasteiger partial charge is 0.465 e. The predicted molar refractivity (Wildman–Crippen MR) is 168 cm³/mol. The molecule has 220 valence electrons. The zero-order valence-corrected chi connectivity index (χ0v) is 25.2. The fourth-order valence-corrected chi connectivity index (χ4v) is 6.23. The third kappa shape index (κ3) is 5.43. The molecule has 0 spiro atoms. The van der Waals surface area contributed by atoms with Gasteiger partial charge in [0.05, 0.1) is 46.1 Å². The molecule has 0 N–H and O–H groups in total. The minimum atomic E-state index is -0.762. The van der Waals surface area contributed by atoms with Crippen LogP contribution < -0.4 is 14.9 Å². The molecule has 1 atom stereocenters. The minimum absolute atomic E-state index is 0.173. The van der Waals surface area contributed by atoms with Crippen LogP contribution in [0.5, 0.6) is 0 Å². The highest BCUT2D eigenvalue weighted by atomic mass is 35.5. The number of halogens is 1. The standard InChI is InChI=1S/C34H25ClN2O6S/c1-3-42-33(40)28-29(20-10-6-4-7-11-20)36-34-37(30(28)21-12-8-5-9-13-21)31(38)27(44-34)19-23-15-17-26(43-23)22-14-16-25(35)24(18-22)32(39)41-2/h4-19,30H,3H2,1-2H3/b27-19-/t30-/m0/s1. The summed E-state index contributed by atoms with van der Waals surface area (Å²) in [6.07, 6.45) is 1.64. The first-order valence-corrected chi connectivity index (χ1v) is 14.9. The number of hydrogen-bond acceptors (Lipinski definition) is 8. The van der Waals surface area contributed by atoms with Crippen LogP contribution in [0.25, 0.3) is 23.1 Å². The average molecular weight is 625 g/mol. The molecule has 0 fully saturated rings. The van der Waals surface area contributed by atoms with Crippen molar-refractivity contribution in [3.63, 3.8) is 0 Å². The number of methoxy groups -OCH3 is 1. The number of esters is 2. The lowest BCUT2D eigenvalue weighted by Gasteiger charge is -2.25. The molecule has 0 saturated heterocycles. The molecule has 1 aliphatic heterocycles. The molecule has 0 radical (unpaired) electrons. The Balaban J connectivity index is 1.51. The monoisotopic (exact) mass is 624 g/mol. The third-order valence-electron chi connectivity index (χ3n) is 7.05. The van der Waals surface area contributed by atoms with Gasteiger partial charge in [-0.3, -0.25) is 9.36 Å². The molecule has 0 unspecified atom stereocenters. The molecule has 6 rings (SSSR count). The Labute approximate surface area is 260 Å². The molecule has 5 aromatic rings. The van der Waals surface area contributed by atoms with Gasteiger partial charge in [-0.25, -0.2) is 14.6 Å². The molecule has 2 aromatic heterocycles. The van der Waals surface area contributed by atoms with Crippen LogP contribution in [0.4, 0.5) is 0 Å². The molecule has 8 nitrogen and oxygen atoms in total. The van der Waals surface area contributed by atoms with Gasteiger partial charge in [0.25, 0.3) is 5.56 Å². The van der Waals surface area contributed by atoms with Gasteiger partial charge in [-0.15, -0.1) is 0 Å². The number of hydrogen-bond donors (Lipinski definition) is 0. The van der Waals surface area contributed by atoms with Gasteiger partial charge in [0.1, 0.15) is 11.5 Å². The molecule has 0 aliphatic carbocycles. The Morgan fingerprint density at radius 1 is 0.977 bits per heavy atom. The number of rotatable bonds is 7. The summed E-state index contributed by atoms with van der Waals surface area (Å²) in [7, 11) is 1.28. The van der Waals surface area contributed by atoms with E-state index in [1.54, 1.807) is 43.3 Å². The Kier molecular flexibility index (Phi) is 8.15. The lowest BCUT2D eigenvalue weighted by atomic mass is 9.93. The lowest BCUT2D eigenvalue weighted by molar-refractivity contribution is -0.138. The molecule has 1 aliphatic rings. The molecule has 3 heterocycles. The highest BCUT2D eigenvalue weighted by Crippen LogP contribution is 2.35. The number of ether oxygens (including phenoxy) is 2. The highest BCUT2D eigenvalue weighted by Gasteiger charge is 2.35. The number of furan rings is 1. The second kappa shape index (κ2) is 12.3. The van der Waals surface area contributed by atoms with Crippen LogP contribution >= 0.6 is 22.9 Å².